The van der Waals surface area contributed by atoms with Crippen molar-refractivity contribution in [2.75, 3.05) is 19.6 Å². The van der Waals surface area contributed by atoms with Crippen molar-refractivity contribution in [2.24, 2.45) is 0 Å². The molecule has 3 heterocycles. The van der Waals surface area contributed by atoms with Crippen molar-refractivity contribution in [3.05, 3.63) is 0 Å². The first-order valence-corrected chi connectivity index (χ1v) is 4.78. The Kier molecular flexibility index (Phi) is 3.26. The van der Waals surface area contributed by atoms with Crippen LogP contribution in [-0.2, 0) is 0 Å². The number of nitrogens with zero attached hydrogens (tertiary/aromatic N) is 1. The van der Waals surface area contributed by atoms with Crippen LogP contribution in [-0.4, -0.2) is 28.0 Å². The van der Waals surface area contributed by atoms with Gasteiger partial charge in [-0.05, 0) is 38.9 Å². The fourth-order valence-corrected chi connectivity index (χ4v) is 2.51. The number of piperidine rings is 3. The zero-order valence-corrected chi connectivity index (χ0v) is 10.5. The Morgan fingerprint density at radius 1 is 1.00 bits per heavy atom. The molecule has 3 heteroatoms. The topological polar surface area (TPSA) is 3.24 Å². The van der Waals surface area contributed by atoms with Crippen LogP contribution >= 0.6 is 46.6 Å². The Hall–Kier alpha value is 1.42. The van der Waals surface area contributed by atoms with E-state index in [1.807, 2.05) is 0 Å². The summed E-state index contributed by atoms with van der Waals surface area (Å²) in [5.74, 6) is 0. The highest BCUT2D eigenvalue weighted by Gasteiger charge is 2.36. The molecule has 0 saturated carbocycles. The van der Waals surface area contributed by atoms with Crippen LogP contribution in [0.2, 0.25) is 0 Å². The van der Waals surface area contributed by atoms with Crippen LogP contribution in [0.1, 0.15) is 19.3 Å². The van der Waals surface area contributed by atoms with Gasteiger partial charge in [-0.1, -0.05) is 22.6 Å². The summed E-state index contributed by atoms with van der Waals surface area (Å²) < 4.78 is 0.715. The highest BCUT2D eigenvalue weighted by Crippen LogP contribution is 2.39. The normalized spacial score (nSPS) is 44.7. The molecule has 0 aromatic heterocycles. The van der Waals surface area contributed by atoms with E-state index in [-0.39, 0.29) is 24.0 Å². The third-order valence-electron chi connectivity index (χ3n) is 2.63. The van der Waals surface area contributed by atoms with Crippen molar-refractivity contribution in [2.45, 2.75) is 22.7 Å². The predicted molar refractivity (Wildman–Crippen MR) is 62.5 cm³/mol. The summed E-state index contributed by atoms with van der Waals surface area (Å²) in [7, 11) is 0. The van der Waals surface area contributed by atoms with Gasteiger partial charge in [-0.3, -0.25) is 0 Å². The van der Waals surface area contributed by atoms with Gasteiger partial charge in [0.05, 0.1) is 0 Å². The maximum absolute atomic E-state index is 2.67. The monoisotopic (exact) mass is 365 g/mol. The average molecular weight is 365 g/mol. The highest BCUT2D eigenvalue weighted by molar-refractivity contribution is 14.1. The molecule has 0 aromatic rings. The number of halogens is 2. The quantitative estimate of drug-likeness (QED) is 0.471. The molecule has 0 N–H and O–H groups in total. The summed E-state index contributed by atoms with van der Waals surface area (Å²) >= 11 is 2.67. The van der Waals surface area contributed by atoms with Crippen LogP contribution in [0.3, 0.4) is 0 Å². The highest BCUT2D eigenvalue weighted by atomic mass is 127. The van der Waals surface area contributed by atoms with Gasteiger partial charge in [-0.25, -0.2) is 0 Å². The maximum atomic E-state index is 2.67. The second-order valence-corrected chi connectivity index (χ2v) is 5.53. The Balaban J connectivity index is 0.000000500. The molecule has 3 aliphatic heterocycles. The van der Waals surface area contributed by atoms with Crippen LogP contribution in [0.25, 0.3) is 0 Å². The lowest BCUT2D eigenvalue weighted by Crippen LogP contribution is -2.48. The summed E-state index contributed by atoms with van der Waals surface area (Å²) in [6.07, 6.45) is 4.31. The number of rotatable bonds is 0. The molecule has 3 fully saturated rings. The van der Waals surface area contributed by atoms with Gasteiger partial charge in [0.2, 0.25) is 0 Å². The van der Waals surface area contributed by atoms with Crippen LogP contribution in [0.5, 0.6) is 0 Å². The van der Waals surface area contributed by atoms with Crippen LogP contribution in [0.15, 0.2) is 0 Å². The molecule has 0 radical (unpaired) electrons. The van der Waals surface area contributed by atoms with Crippen molar-refractivity contribution in [3.8, 4) is 0 Å². The number of hydrogen-bond donors (Lipinski definition) is 0. The molecule has 3 saturated heterocycles. The number of fused-ring (bicyclic) bond motifs is 3. The molecule has 3 aliphatic rings. The van der Waals surface area contributed by atoms with Crippen molar-refractivity contribution in [3.63, 3.8) is 0 Å². The first-order chi connectivity index (χ1) is 4.29. The largest absolute Gasteiger partial charge is 0.303 e. The van der Waals surface area contributed by atoms with E-state index < -0.39 is 0 Å². The molecule has 1 nitrogen and oxygen atoms in total. The van der Waals surface area contributed by atoms with Crippen LogP contribution < -0.4 is 0 Å². The van der Waals surface area contributed by atoms with Gasteiger partial charge in [-0.2, -0.15) is 0 Å². The molecule has 0 aromatic carbocycles. The van der Waals surface area contributed by atoms with E-state index in [1.165, 1.54) is 38.9 Å². The summed E-state index contributed by atoms with van der Waals surface area (Å²) in [5, 5.41) is 0. The van der Waals surface area contributed by atoms with Gasteiger partial charge >= 0.3 is 0 Å². The summed E-state index contributed by atoms with van der Waals surface area (Å²) in [6, 6.07) is 0. The minimum Gasteiger partial charge on any atom is -0.303 e. The van der Waals surface area contributed by atoms with E-state index in [0.29, 0.717) is 3.42 Å². The summed E-state index contributed by atoms with van der Waals surface area (Å²) in [4.78, 5) is 2.58. The summed E-state index contributed by atoms with van der Waals surface area (Å²) in [6.45, 7) is 4.09. The Bertz CT molecular complexity index is 105. The molecule has 0 spiro atoms. The Morgan fingerprint density at radius 3 is 1.60 bits per heavy atom. The lowest BCUT2D eigenvalue weighted by atomic mass is 9.88. The van der Waals surface area contributed by atoms with Gasteiger partial charge in [0.1, 0.15) is 0 Å². The molecular formula is C7H13I2N. The fourth-order valence-electron chi connectivity index (χ4n) is 1.79. The lowest BCUT2D eigenvalue weighted by Gasteiger charge is -2.44. The molecule has 2 bridgehead atoms. The van der Waals surface area contributed by atoms with E-state index in [0.717, 1.165) is 0 Å². The Morgan fingerprint density at radius 2 is 1.40 bits per heavy atom. The number of hydrogen-bond acceptors (Lipinski definition) is 1. The Labute approximate surface area is 93.1 Å². The SMILES string of the molecule is I.IC12CCN(CC1)CC2. The van der Waals surface area contributed by atoms with Gasteiger partial charge < -0.3 is 4.90 Å². The molecule has 3 rings (SSSR count). The molecule has 10 heavy (non-hydrogen) atoms. The van der Waals surface area contributed by atoms with Crippen molar-refractivity contribution >= 4 is 46.6 Å². The lowest BCUT2D eigenvalue weighted by molar-refractivity contribution is 0.139. The van der Waals surface area contributed by atoms with Crippen molar-refractivity contribution < 1.29 is 0 Å². The van der Waals surface area contributed by atoms with Gasteiger partial charge in [0.25, 0.3) is 0 Å². The molecule has 0 amide bonds. The zero-order chi connectivity index (χ0) is 6.32. The van der Waals surface area contributed by atoms with E-state index >= 15 is 0 Å². The molecule has 0 unspecified atom stereocenters. The van der Waals surface area contributed by atoms with E-state index in [4.69, 9.17) is 0 Å². The molecule has 60 valence electrons. The van der Waals surface area contributed by atoms with E-state index in [2.05, 4.69) is 27.5 Å². The summed E-state index contributed by atoms with van der Waals surface area (Å²) in [5.41, 5.74) is 0. The first kappa shape index (κ1) is 9.51. The van der Waals surface area contributed by atoms with Gasteiger partial charge in [0.15, 0.2) is 0 Å². The molecule has 0 atom stereocenters. The van der Waals surface area contributed by atoms with Gasteiger partial charge in [0, 0.05) is 3.42 Å². The van der Waals surface area contributed by atoms with E-state index in [1.54, 1.807) is 0 Å². The minimum absolute atomic E-state index is 0. The average Bonchev–Trinajstić information content (AvgIpc) is 1.90. The second kappa shape index (κ2) is 3.43. The van der Waals surface area contributed by atoms with Crippen LogP contribution in [0.4, 0.5) is 0 Å². The number of alkyl halides is 1. The second-order valence-electron chi connectivity index (χ2n) is 3.24. The first-order valence-electron chi connectivity index (χ1n) is 3.70. The third kappa shape index (κ3) is 1.77. The van der Waals surface area contributed by atoms with Crippen molar-refractivity contribution in [1.82, 2.24) is 4.90 Å². The zero-order valence-electron chi connectivity index (χ0n) is 5.98. The smallest absolute Gasteiger partial charge is 0.0258 e. The van der Waals surface area contributed by atoms with Crippen molar-refractivity contribution in [1.29, 1.82) is 0 Å². The maximum Gasteiger partial charge on any atom is 0.0258 e. The van der Waals surface area contributed by atoms with Crippen LogP contribution in [0, 0.1) is 0 Å². The third-order valence-corrected chi connectivity index (χ3v) is 4.25. The van der Waals surface area contributed by atoms with E-state index in [9.17, 15) is 0 Å². The predicted octanol–water partition coefficient (Wildman–Crippen LogP) is 2.28. The molecule has 0 aliphatic carbocycles. The standard InChI is InChI=1S/C7H12IN.HI/c8-7-1-4-9(5-2-7)6-3-7;/h1-6H2;1H. The molecular weight excluding hydrogens is 352 g/mol. The van der Waals surface area contributed by atoms with Gasteiger partial charge in [-0.15, -0.1) is 24.0 Å². The fraction of sp³-hybridized carbons (Fsp3) is 1.00. The minimum atomic E-state index is 0.